The molecule has 3 aromatic rings. The quantitative estimate of drug-likeness (QED) is 0.377. The van der Waals surface area contributed by atoms with Crippen molar-refractivity contribution < 1.29 is 71.2 Å². The van der Waals surface area contributed by atoms with Gasteiger partial charge in [0.05, 0.1) is 4.90 Å². The maximum Gasteiger partial charge on any atom is 1.00 e. The van der Waals surface area contributed by atoms with Crippen molar-refractivity contribution >= 4 is 31.7 Å². The van der Waals surface area contributed by atoms with Gasteiger partial charge in [0.2, 0.25) is 0 Å². The predicted octanol–water partition coefficient (Wildman–Crippen LogP) is 1.02. The molecule has 0 fully saturated rings. The molecule has 0 bridgehead atoms. The first kappa shape index (κ1) is 19.0. The first-order chi connectivity index (χ1) is 10.4. The van der Waals surface area contributed by atoms with E-state index in [1.54, 1.807) is 6.07 Å². The van der Waals surface area contributed by atoms with Crippen LogP contribution >= 0.6 is 0 Å². The Kier molecular flexibility index (Phi) is 5.98. The Hall–Kier alpha value is -0.365. The Morgan fingerprint density at radius 3 is 2.30 bits per heavy atom. The van der Waals surface area contributed by atoms with Crippen LogP contribution in [0.5, 0.6) is 0 Å². The third-order valence-corrected chi connectivity index (χ3v) is 4.66. The van der Waals surface area contributed by atoms with E-state index < -0.39 is 10.1 Å². The number of benzene rings is 3. The molecule has 0 saturated heterocycles. The van der Waals surface area contributed by atoms with Crippen molar-refractivity contribution in [1.29, 1.82) is 0 Å². The van der Waals surface area contributed by atoms with Gasteiger partial charge in [-0.25, -0.2) is 8.42 Å². The van der Waals surface area contributed by atoms with Gasteiger partial charge in [0.1, 0.15) is 10.1 Å². The van der Waals surface area contributed by atoms with E-state index in [1.807, 2.05) is 43.3 Å². The standard InChI is InChI=1S/C18H16O3S.Rb/c1-12(2)11-17-16-8-7-13-5-3-4-6-14(13)15(16)9-10-18(17)22(19,20)21;/h3-10H,1,11H2,2H3,(H,19,20,21);/q;+1/p-1. The second-order valence-electron chi connectivity index (χ2n) is 5.51. The minimum atomic E-state index is -4.51. The fourth-order valence-corrected chi connectivity index (χ4v) is 3.57. The van der Waals surface area contributed by atoms with Crippen LogP contribution in [0.25, 0.3) is 21.5 Å². The normalized spacial score (nSPS) is 11.4. The fourth-order valence-electron chi connectivity index (χ4n) is 2.85. The molecule has 0 saturated carbocycles. The van der Waals surface area contributed by atoms with Gasteiger partial charge >= 0.3 is 58.2 Å². The van der Waals surface area contributed by atoms with Crippen molar-refractivity contribution in [2.45, 2.75) is 18.2 Å². The van der Waals surface area contributed by atoms with Gasteiger partial charge in [-0.3, -0.25) is 0 Å². The fraction of sp³-hybridized carbons (Fsp3) is 0.111. The summed E-state index contributed by atoms with van der Waals surface area (Å²) in [4.78, 5) is -0.154. The summed E-state index contributed by atoms with van der Waals surface area (Å²) < 4.78 is 34.7. The van der Waals surface area contributed by atoms with E-state index in [2.05, 4.69) is 6.58 Å². The molecule has 0 unspecified atom stereocenters. The summed E-state index contributed by atoms with van der Waals surface area (Å²) in [5, 5.41) is 3.85. The number of fused-ring (bicyclic) bond motifs is 3. The van der Waals surface area contributed by atoms with E-state index in [1.165, 1.54) is 6.07 Å². The summed E-state index contributed by atoms with van der Waals surface area (Å²) in [6.07, 6.45) is 0.368. The number of hydrogen-bond acceptors (Lipinski definition) is 3. The van der Waals surface area contributed by atoms with Gasteiger partial charge in [-0.05, 0) is 46.5 Å². The molecule has 0 aliphatic carbocycles. The van der Waals surface area contributed by atoms with Crippen LogP contribution in [0.2, 0.25) is 0 Å². The van der Waals surface area contributed by atoms with Crippen LogP contribution in [-0.4, -0.2) is 13.0 Å². The zero-order chi connectivity index (χ0) is 15.9. The van der Waals surface area contributed by atoms with Crippen LogP contribution in [0.3, 0.4) is 0 Å². The molecule has 0 aliphatic heterocycles. The SMILES string of the molecule is C=C(C)Cc1c(S(=O)(=O)[O-])ccc2c1ccc1ccccc12.[Rb+]. The minimum Gasteiger partial charge on any atom is -0.744 e. The monoisotopic (exact) mass is 396 g/mol. The average Bonchev–Trinajstić information content (AvgIpc) is 2.45. The van der Waals surface area contributed by atoms with Gasteiger partial charge in [0.25, 0.3) is 0 Å². The Morgan fingerprint density at radius 2 is 1.65 bits per heavy atom. The average molecular weight is 397 g/mol. The van der Waals surface area contributed by atoms with E-state index >= 15 is 0 Å². The summed E-state index contributed by atoms with van der Waals surface area (Å²) >= 11 is 0. The molecule has 0 amide bonds. The van der Waals surface area contributed by atoms with E-state index in [-0.39, 0.29) is 63.1 Å². The molecule has 0 aromatic heterocycles. The summed E-state index contributed by atoms with van der Waals surface area (Å²) in [6, 6.07) is 14.8. The van der Waals surface area contributed by atoms with Gasteiger partial charge < -0.3 is 4.55 Å². The van der Waals surface area contributed by atoms with Gasteiger partial charge in [0, 0.05) is 0 Å². The van der Waals surface area contributed by atoms with Crippen molar-refractivity contribution in [2.24, 2.45) is 0 Å². The smallest absolute Gasteiger partial charge is 0.744 e. The van der Waals surface area contributed by atoms with Crippen LogP contribution in [0, 0.1) is 0 Å². The van der Waals surface area contributed by atoms with Gasteiger partial charge in [0.15, 0.2) is 0 Å². The van der Waals surface area contributed by atoms with Crippen LogP contribution in [0.1, 0.15) is 12.5 Å². The van der Waals surface area contributed by atoms with Crippen LogP contribution in [0.15, 0.2) is 65.6 Å². The predicted molar refractivity (Wildman–Crippen MR) is 87.9 cm³/mol. The Labute approximate surface area is 184 Å². The molecular weight excluding hydrogens is 382 g/mol. The van der Waals surface area contributed by atoms with E-state index in [0.29, 0.717) is 12.0 Å². The van der Waals surface area contributed by atoms with Gasteiger partial charge in [-0.15, -0.1) is 0 Å². The molecule has 23 heavy (non-hydrogen) atoms. The van der Waals surface area contributed by atoms with Crippen molar-refractivity contribution in [2.75, 3.05) is 0 Å². The third-order valence-electron chi connectivity index (χ3n) is 3.74. The van der Waals surface area contributed by atoms with Crippen LogP contribution in [-0.2, 0) is 16.5 Å². The maximum absolute atomic E-state index is 11.6. The number of hydrogen-bond donors (Lipinski definition) is 0. The minimum absolute atomic E-state index is 0. The Bertz CT molecular complexity index is 1010. The van der Waals surface area contributed by atoms with E-state index in [9.17, 15) is 13.0 Å². The van der Waals surface area contributed by atoms with E-state index in [4.69, 9.17) is 0 Å². The third kappa shape index (κ3) is 3.84. The van der Waals surface area contributed by atoms with Crippen LogP contribution < -0.4 is 58.2 Å². The largest absolute Gasteiger partial charge is 1.00 e. The second-order valence-corrected chi connectivity index (χ2v) is 6.86. The number of rotatable bonds is 3. The molecule has 5 heteroatoms. The maximum atomic E-state index is 11.6. The first-order valence-corrected chi connectivity index (χ1v) is 8.32. The zero-order valence-electron chi connectivity index (χ0n) is 13.2. The topological polar surface area (TPSA) is 57.2 Å². The molecule has 3 aromatic carbocycles. The molecule has 3 rings (SSSR count). The van der Waals surface area contributed by atoms with Gasteiger partial charge in [-0.1, -0.05) is 54.6 Å². The van der Waals surface area contributed by atoms with E-state index in [0.717, 1.165) is 27.1 Å². The summed E-state index contributed by atoms with van der Waals surface area (Å²) in [6.45, 7) is 5.67. The molecule has 0 radical (unpaired) electrons. The molecule has 0 aliphatic rings. The summed E-state index contributed by atoms with van der Waals surface area (Å²) in [5.74, 6) is 0. The summed E-state index contributed by atoms with van der Waals surface area (Å²) in [5.41, 5.74) is 1.34. The molecule has 0 spiro atoms. The van der Waals surface area contributed by atoms with Crippen LogP contribution in [0.4, 0.5) is 0 Å². The zero-order valence-corrected chi connectivity index (χ0v) is 18.9. The number of allylic oxidation sites excluding steroid dienone is 1. The summed E-state index contributed by atoms with van der Waals surface area (Å²) in [7, 11) is -4.51. The van der Waals surface area contributed by atoms with Gasteiger partial charge in [-0.2, -0.15) is 0 Å². The molecule has 0 heterocycles. The molecule has 3 nitrogen and oxygen atoms in total. The molecular formula is C18H15O3RbS. The van der Waals surface area contributed by atoms with Crippen molar-refractivity contribution in [3.05, 3.63) is 66.2 Å². The van der Waals surface area contributed by atoms with Crippen molar-refractivity contribution in [1.82, 2.24) is 0 Å². The molecule has 0 atom stereocenters. The second kappa shape index (κ2) is 7.25. The molecule has 112 valence electrons. The van der Waals surface area contributed by atoms with Crippen molar-refractivity contribution in [3.63, 3.8) is 0 Å². The van der Waals surface area contributed by atoms with Crippen molar-refractivity contribution in [3.8, 4) is 0 Å². The Balaban J connectivity index is 0.00000192. The Morgan fingerprint density at radius 1 is 1.00 bits per heavy atom. The first-order valence-electron chi connectivity index (χ1n) is 6.91. The molecule has 0 N–H and O–H groups in total.